The van der Waals surface area contributed by atoms with Crippen LogP contribution in [0.25, 0.3) is 0 Å². The first-order valence-corrected chi connectivity index (χ1v) is 13.4. The molecule has 2 heterocycles. The molecule has 0 bridgehead atoms. The van der Waals surface area contributed by atoms with Gasteiger partial charge in [-0.1, -0.05) is 19.4 Å². The molecule has 3 aliphatic rings. The summed E-state index contributed by atoms with van der Waals surface area (Å²) < 4.78 is 52.3. The number of halogens is 3. The molecule has 2 fully saturated rings. The number of allylic oxidation sites excluding steroid dienone is 4. The molecule has 9 heteroatoms. The molecule has 0 aromatic heterocycles. The maximum absolute atomic E-state index is 13.7. The van der Waals surface area contributed by atoms with E-state index >= 15 is 0 Å². The van der Waals surface area contributed by atoms with Crippen LogP contribution in [0, 0.1) is 23.7 Å². The zero-order chi connectivity index (χ0) is 27.8. The smallest absolute Gasteiger partial charge is 0.416 e. The molecule has 3 atom stereocenters. The SMILES string of the molecule is CCC1CN(C(=O)OC(C)(C)C)CC1C1CC=C(C(F)(F)F)C=C1N1CCC(C(=O)OC(C)(C)C)CC1. The standard InChI is InChI=1S/C28H43F3N2O4/c1-8-18-16-33(25(35)37-27(5,6)7)17-22(18)21-10-9-20(28(29,30)31)15-23(21)32-13-11-19(12-14-32)24(34)36-26(2,3)4/h9,15,18-19,21-22H,8,10-14,16-17H2,1-7H3. The lowest BCUT2D eigenvalue weighted by molar-refractivity contribution is -0.161. The number of likely N-dealkylation sites (tertiary alicyclic amines) is 2. The molecule has 210 valence electrons. The third kappa shape index (κ3) is 7.66. The molecule has 6 nitrogen and oxygen atoms in total. The number of rotatable bonds is 4. The molecule has 0 aromatic rings. The van der Waals surface area contributed by atoms with Crippen molar-refractivity contribution in [2.75, 3.05) is 26.2 Å². The highest BCUT2D eigenvalue weighted by Crippen LogP contribution is 2.44. The van der Waals surface area contributed by atoms with Gasteiger partial charge in [-0.15, -0.1) is 0 Å². The number of nitrogens with zero attached hydrogens (tertiary/aromatic N) is 2. The first-order valence-electron chi connectivity index (χ1n) is 13.4. The van der Waals surface area contributed by atoms with Crippen LogP contribution in [-0.2, 0) is 14.3 Å². The molecule has 0 aromatic carbocycles. The second-order valence-electron chi connectivity index (χ2n) is 12.6. The van der Waals surface area contributed by atoms with Crippen molar-refractivity contribution in [2.24, 2.45) is 23.7 Å². The summed E-state index contributed by atoms with van der Waals surface area (Å²) in [5.74, 6) is -0.443. The van der Waals surface area contributed by atoms with Crippen molar-refractivity contribution < 1.29 is 32.2 Å². The van der Waals surface area contributed by atoms with Gasteiger partial charge in [-0.25, -0.2) is 4.79 Å². The lowest BCUT2D eigenvalue weighted by Gasteiger charge is -2.41. The largest absolute Gasteiger partial charge is 0.460 e. The van der Waals surface area contributed by atoms with Gasteiger partial charge in [0.1, 0.15) is 11.2 Å². The Labute approximate surface area is 219 Å². The Balaban J connectivity index is 1.80. The minimum Gasteiger partial charge on any atom is -0.460 e. The summed E-state index contributed by atoms with van der Waals surface area (Å²) in [6, 6.07) is 0. The number of piperidine rings is 1. The van der Waals surface area contributed by atoms with Crippen LogP contribution >= 0.6 is 0 Å². The topological polar surface area (TPSA) is 59.1 Å². The van der Waals surface area contributed by atoms with Gasteiger partial charge in [0.2, 0.25) is 0 Å². The predicted molar refractivity (Wildman–Crippen MR) is 136 cm³/mol. The zero-order valence-corrected chi connectivity index (χ0v) is 23.3. The number of esters is 1. The van der Waals surface area contributed by atoms with E-state index < -0.39 is 23.0 Å². The molecule has 3 unspecified atom stereocenters. The molecular formula is C28H43F3N2O4. The summed E-state index contributed by atoms with van der Waals surface area (Å²) in [6.45, 7) is 15.0. The Kier molecular flexibility index (Phi) is 8.64. The van der Waals surface area contributed by atoms with E-state index in [2.05, 4.69) is 6.92 Å². The summed E-state index contributed by atoms with van der Waals surface area (Å²) >= 11 is 0. The fraction of sp³-hybridized carbons (Fsp3) is 0.786. The Morgan fingerprint density at radius 2 is 1.57 bits per heavy atom. The van der Waals surface area contributed by atoms with Crippen LogP contribution < -0.4 is 0 Å². The van der Waals surface area contributed by atoms with Crippen LogP contribution in [0.15, 0.2) is 23.4 Å². The molecule has 1 amide bonds. The highest BCUT2D eigenvalue weighted by atomic mass is 19.4. The fourth-order valence-electron chi connectivity index (χ4n) is 5.64. The second-order valence-corrected chi connectivity index (χ2v) is 12.6. The van der Waals surface area contributed by atoms with Gasteiger partial charge in [-0.2, -0.15) is 13.2 Å². The van der Waals surface area contributed by atoms with Crippen LogP contribution in [0.2, 0.25) is 0 Å². The number of alkyl halides is 3. The molecule has 2 aliphatic heterocycles. The fourth-order valence-corrected chi connectivity index (χ4v) is 5.64. The van der Waals surface area contributed by atoms with E-state index in [1.165, 1.54) is 12.2 Å². The van der Waals surface area contributed by atoms with E-state index in [4.69, 9.17) is 9.47 Å². The third-order valence-electron chi connectivity index (χ3n) is 7.39. The van der Waals surface area contributed by atoms with Crippen LogP contribution in [0.3, 0.4) is 0 Å². The minimum atomic E-state index is -4.42. The van der Waals surface area contributed by atoms with Gasteiger partial charge in [0, 0.05) is 37.8 Å². The second kappa shape index (κ2) is 10.9. The molecule has 2 saturated heterocycles. The van der Waals surface area contributed by atoms with Crippen molar-refractivity contribution in [1.29, 1.82) is 0 Å². The lowest BCUT2D eigenvalue weighted by Crippen LogP contribution is -2.42. The normalized spacial score (nSPS) is 26.1. The first kappa shape index (κ1) is 29.4. The van der Waals surface area contributed by atoms with Crippen molar-refractivity contribution in [3.8, 4) is 0 Å². The molecule has 0 radical (unpaired) electrons. The summed E-state index contributed by atoms with van der Waals surface area (Å²) in [7, 11) is 0. The summed E-state index contributed by atoms with van der Waals surface area (Å²) in [6.07, 6.45) is -0.0333. The quantitative estimate of drug-likeness (QED) is 0.400. The van der Waals surface area contributed by atoms with Gasteiger partial charge >= 0.3 is 18.2 Å². The van der Waals surface area contributed by atoms with Gasteiger partial charge < -0.3 is 19.3 Å². The van der Waals surface area contributed by atoms with E-state index in [-0.39, 0.29) is 42.2 Å². The van der Waals surface area contributed by atoms with E-state index in [0.29, 0.717) is 44.7 Å². The predicted octanol–water partition coefficient (Wildman–Crippen LogP) is 6.33. The summed E-state index contributed by atoms with van der Waals surface area (Å²) in [5, 5.41) is 0. The molecule has 3 rings (SSSR count). The molecule has 0 N–H and O–H groups in total. The monoisotopic (exact) mass is 528 g/mol. The average molecular weight is 529 g/mol. The number of amides is 1. The van der Waals surface area contributed by atoms with E-state index in [0.717, 1.165) is 6.42 Å². The molecular weight excluding hydrogens is 485 g/mol. The molecule has 0 spiro atoms. The Hall–Kier alpha value is -2.19. The van der Waals surface area contributed by atoms with Crippen molar-refractivity contribution in [3.05, 3.63) is 23.4 Å². The number of hydrogen-bond donors (Lipinski definition) is 0. The van der Waals surface area contributed by atoms with E-state index in [9.17, 15) is 22.8 Å². The van der Waals surface area contributed by atoms with E-state index in [1.54, 1.807) is 4.90 Å². The number of carbonyl (C=O) groups is 2. The highest BCUT2D eigenvalue weighted by molar-refractivity contribution is 5.73. The molecule has 37 heavy (non-hydrogen) atoms. The Morgan fingerprint density at radius 1 is 0.973 bits per heavy atom. The number of hydrogen-bond acceptors (Lipinski definition) is 5. The van der Waals surface area contributed by atoms with Gasteiger partial charge in [-0.3, -0.25) is 4.79 Å². The Bertz CT molecular complexity index is 906. The van der Waals surface area contributed by atoms with Crippen molar-refractivity contribution >= 4 is 12.1 Å². The van der Waals surface area contributed by atoms with Crippen LogP contribution in [0.5, 0.6) is 0 Å². The zero-order valence-electron chi connectivity index (χ0n) is 23.3. The van der Waals surface area contributed by atoms with Crippen LogP contribution in [0.1, 0.15) is 74.1 Å². The van der Waals surface area contributed by atoms with Crippen molar-refractivity contribution in [3.63, 3.8) is 0 Å². The summed E-state index contributed by atoms with van der Waals surface area (Å²) in [4.78, 5) is 29.1. The van der Waals surface area contributed by atoms with E-state index in [1.807, 2.05) is 46.4 Å². The van der Waals surface area contributed by atoms with Crippen molar-refractivity contribution in [1.82, 2.24) is 9.80 Å². The van der Waals surface area contributed by atoms with Gasteiger partial charge in [0.25, 0.3) is 0 Å². The van der Waals surface area contributed by atoms with Crippen molar-refractivity contribution in [2.45, 2.75) is 91.5 Å². The first-order chi connectivity index (χ1) is 17.0. The van der Waals surface area contributed by atoms with Gasteiger partial charge in [-0.05, 0) is 78.7 Å². The maximum atomic E-state index is 13.7. The average Bonchev–Trinajstić information content (AvgIpc) is 3.20. The number of carbonyl (C=O) groups excluding carboxylic acids is 2. The number of ether oxygens (including phenoxy) is 2. The lowest BCUT2D eigenvalue weighted by atomic mass is 9.75. The van der Waals surface area contributed by atoms with Crippen LogP contribution in [0.4, 0.5) is 18.0 Å². The van der Waals surface area contributed by atoms with Crippen LogP contribution in [-0.4, -0.2) is 65.4 Å². The van der Waals surface area contributed by atoms with Gasteiger partial charge in [0.15, 0.2) is 0 Å². The molecule has 0 saturated carbocycles. The van der Waals surface area contributed by atoms with Gasteiger partial charge in [0.05, 0.1) is 11.5 Å². The maximum Gasteiger partial charge on any atom is 0.416 e. The molecule has 1 aliphatic carbocycles. The highest BCUT2D eigenvalue weighted by Gasteiger charge is 2.45. The summed E-state index contributed by atoms with van der Waals surface area (Å²) in [5.41, 5.74) is -1.14. The minimum absolute atomic E-state index is 0.0263. The Morgan fingerprint density at radius 3 is 2.08 bits per heavy atom. The third-order valence-corrected chi connectivity index (χ3v) is 7.39.